The number of aromatic nitrogens is 2. The van der Waals surface area contributed by atoms with E-state index < -0.39 is 17.7 Å². The molecule has 2 aromatic heterocycles. The molecule has 1 fully saturated rings. The van der Waals surface area contributed by atoms with Crippen molar-refractivity contribution in [1.29, 1.82) is 0 Å². The Labute approximate surface area is 197 Å². The topological polar surface area (TPSA) is 92.6 Å². The van der Waals surface area contributed by atoms with E-state index >= 15 is 0 Å². The van der Waals surface area contributed by atoms with Crippen molar-refractivity contribution in [3.05, 3.63) is 88.7 Å². The normalized spacial score (nSPS) is 17.6. The number of halogens is 1. The average Bonchev–Trinajstić information content (AvgIpc) is 3.37. The van der Waals surface area contributed by atoms with E-state index in [0.717, 1.165) is 4.70 Å². The first-order chi connectivity index (χ1) is 16.0. The van der Waals surface area contributed by atoms with Crippen molar-refractivity contribution in [3.8, 4) is 5.75 Å². The summed E-state index contributed by atoms with van der Waals surface area (Å²) in [6, 6.07) is 16.3. The Bertz CT molecular complexity index is 1400. The number of carbonyl (C=O) groups is 2. The first kappa shape index (κ1) is 21.1. The minimum atomic E-state index is -0.951. The van der Waals surface area contributed by atoms with E-state index in [1.54, 1.807) is 36.5 Å². The number of nitrogens with zero attached hydrogens (tertiary/aromatic N) is 3. The molecule has 7 nitrogen and oxygen atoms in total. The fourth-order valence-corrected chi connectivity index (χ4v) is 5.03. The molecule has 1 aliphatic heterocycles. The zero-order chi connectivity index (χ0) is 23.1. The molecule has 2 aromatic carbocycles. The van der Waals surface area contributed by atoms with Crippen LogP contribution >= 0.6 is 22.9 Å². The summed E-state index contributed by atoms with van der Waals surface area (Å²) < 4.78 is 6.03. The number of pyridine rings is 1. The number of ketones is 1. The fraction of sp³-hybridized carbons (Fsp3) is 0.0833. The molecule has 1 atom stereocenters. The molecule has 1 saturated heterocycles. The van der Waals surface area contributed by atoms with Gasteiger partial charge < -0.3 is 9.84 Å². The lowest BCUT2D eigenvalue weighted by atomic mass is 9.98. The highest BCUT2D eigenvalue weighted by molar-refractivity contribution is 7.22. The van der Waals surface area contributed by atoms with Gasteiger partial charge in [0.25, 0.3) is 5.78 Å². The third kappa shape index (κ3) is 3.53. The van der Waals surface area contributed by atoms with Gasteiger partial charge >= 0.3 is 5.91 Å². The lowest BCUT2D eigenvalue weighted by Gasteiger charge is -2.22. The van der Waals surface area contributed by atoms with Gasteiger partial charge in [0.05, 0.1) is 33.6 Å². The molecule has 1 amide bonds. The first-order valence-electron chi connectivity index (χ1n) is 9.91. The maximum absolute atomic E-state index is 13.2. The molecule has 0 radical (unpaired) electrons. The summed E-state index contributed by atoms with van der Waals surface area (Å²) in [5, 5.41) is 11.8. The van der Waals surface area contributed by atoms with Gasteiger partial charge in [0, 0.05) is 11.8 Å². The summed E-state index contributed by atoms with van der Waals surface area (Å²) in [6.45, 7) is 0. The van der Waals surface area contributed by atoms with Gasteiger partial charge in [-0.05, 0) is 42.5 Å². The van der Waals surface area contributed by atoms with Crippen LogP contribution in [0.5, 0.6) is 5.75 Å². The molecule has 0 bridgehead atoms. The number of aliphatic hydroxyl groups is 1. The van der Waals surface area contributed by atoms with E-state index in [4.69, 9.17) is 16.3 Å². The maximum atomic E-state index is 13.2. The fourth-order valence-electron chi connectivity index (χ4n) is 3.78. The summed E-state index contributed by atoms with van der Waals surface area (Å²) in [7, 11) is 1.48. The SMILES string of the molecule is COc1ccc(/C(O)=C2\C(=O)C(=O)N(c3nc4ccccc4s3)C2c2ccccn2)cc1Cl. The molecular formula is C24H16ClN3O4S. The van der Waals surface area contributed by atoms with Gasteiger partial charge in [-0.15, -0.1) is 0 Å². The van der Waals surface area contributed by atoms with E-state index in [9.17, 15) is 14.7 Å². The Morgan fingerprint density at radius 2 is 1.91 bits per heavy atom. The Morgan fingerprint density at radius 1 is 1.12 bits per heavy atom. The van der Waals surface area contributed by atoms with E-state index in [-0.39, 0.29) is 21.9 Å². The summed E-state index contributed by atoms with van der Waals surface area (Å²) >= 11 is 7.51. The van der Waals surface area contributed by atoms with Gasteiger partial charge in [-0.3, -0.25) is 19.5 Å². The molecule has 9 heteroatoms. The van der Waals surface area contributed by atoms with Crippen LogP contribution < -0.4 is 9.64 Å². The van der Waals surface area contributed by atoms with Gasteiger partial charge in [0.2, 0.25) is 0 Å². The van der Waals surface area contributed by atoms with Gasteiger partial charge in [-0.25, -0.2) is 4.98 Å². The number of ether oxygens (including phenoxy) is 1. The van der Waals surface area contributed by atoms with E-state index in [1.807, 2.05) is 24.3 Å². The number of fused-ring (bicyclic) bond motifs is 1. The Hall–Kier alpha value is -3.75. The van der Waals surface area contributed by atoms with Crippen molar-refractivity contribution in [2.24, 2.45) is 0 Å². The Kier molecular flexibility index (Phi) is 5.32. The average molecular weight is 478 g/mol. The van der Waals surface area contributed by atoms with Crippen molar-refractivity contribution in [1.82, 2.24) is 9.97 Å². The van der Waals surface area contributed by atoms with Gasteiger partial charge in [-0.2, -0.15) is 0 Å². The highest BCUT2D eigenvalue weighted by atomic mass is 35.5. The molecule has 0 saturated carbocycles. The van der Waals surface area contributed by atoms with Crippen molar-refractivity contribution in [2.45, 2.75) is 6.04 Å². The second-order valence-corrected chi connectivity index (χ2v) is 8.65. The molecule has 0 aliphatic carbocycles. The highest BCUT2D eigenvalue weighted by Gasteiger charge is 2.48. The second-order valence-electron chi connectivity index (χ2n) is 7.24. The van der Waals surface area contributed by atoms with Crippen LogP contribution in [0.3, 0.4) is 0 Å². The zero-order valence-electron chi connectivity index (χ0n) is 17.2. The van der Waals surface area contributed by atoms with Gasteiger partial charge in [0.15, 0.2) is 5.13 Å². The minimum Gasteiger partial charge on any atom is -0.507 e. The molecule has 1 N–H and O–H groups in total. The number of methoxy groups -OCH3 is 1. The predicted octanol–water partition coefficient (Wildman–Crippen LogP) is 4.98. The third-order valence-corrected chi connectivity index (χ3v) is 6.66. The van der Waals surface area contributed by atoms with Crippen LogP contribution in [0, 0.1) is 0 Å². The molecule has 5 rings (SSSR count). The van der Waals surface area contributed by atoms with Crippen LogP contribution in [0.4, 0.5) is 5.13 Å². The van der Waals surface area contributed by atoms with Crippen LogP contribution in [0.2, 0.25) is 5.02 Å². The molecular weight excluding hydrogens is 462 g/mol. The predicted molar refractivity (Wildman–Crippen MR) is 127 cm³/mol. The van der Waals surface area contributed by atoms with Crippen molar-refractivity contribution in [3.63, 3.8) is 0 Å². The number of Topliss-reactive ketones (excluding diaryl/α,β-unsaturated/α-hetero) is 1. The number of rotatable bonds is 4. The van der Waals surface area contributed by atoms with Crippen LogP contribution in [0.15, 0.2) is 72.4 Å². The molecule has 4 aromatic rings. The lowest BCUT2D eigenvalue weighted by Crippen LogP contribution is -2.29. The largest absolute Gasteiger partial charge is 0.507 e. The number of carbonyl (C=O) groups excluding carboxylic acids is 2. The lowest BCUT2D eigenvalue weighted by molar-refractivity contribution is -0.132. The van der Waals surface area contributed by atoms with Gasteiger partial charge in [-0.1, -0.05) is 41.1 Å². The van der Waals surface area contributed by atoms with Crippen LogP contribution in [0.1, 0.15) is 17.3 Å². The number of thiazole rings is 1. The number of hydrogen-bond donors (Lipinski definition) is 1. The van der Waals surface area contributed by atoms with Crippen molar-refractivity contribution < 1.29 is 19.4 Å². The number of para-hydroxylation sites is 1. The van der Waals surface area contributed by atoms with E-state index in [2.05, 4.69) is 9.97 Å². The summed E-state index contributed by atoms with van der Waals surface area (Å²) in [6.07, 6.45) is 1.57. The first-order valence-corrected chi connectivity index (χ1v) is 11.1. The Morgan fingerprint density at radius 3 is 2.61 bits per heavy atom. The summed E-state index contributed by atoms with van der Waals surface area (Å²) in [4.78, 5) is 36.6. The molecule has 164 valence electrons. The molecule has 1 unspecified atom stereocenters. The third-order valence-electron chi connectivity index (χ3n) is 5.33. The number of benzene rings is 2. The molecule has 0 spiro atoms. The maximum Gasteiger partial charge on any atom is 0.301 e. The summed E-state index contributed by atoms with van der Waals surface area (Å²) in [5.41, 5.74) is 1.33. The van der Waals surface area contributed by atoms with Crippen LogP contribution in [-0.4, -0.2) is 33.9 Å². The minimum absolute atomic E-state index is 0.0841. The van der Waals surface area contributed by atoms with Crippen molar-refractivity contribution in [2.75, 3.05) is 12.0 Å². The Balaban J connectivity index is 1.72. The van der Waals surface area contributed by atoms with Gasteiger partial charge in [0.1, 0.15) is 17.6 Å². The number of amides is 1. The van der Waals surface area contributed by atoms with Crippen molar-refractivity contribution >= 4 is 55.7 Å². The molecule has 1 aliphatic rings. The van der Waals surface area contributed by atoms with Crippen LogP contribution in [0.25, 0.3) is 16.0 Å². The monoisotopic (exact) mass is 477 g/mol. The standard InChI is InChI=1S/C24H16ClN3O4S/c1-32-17-10-9-13(12-14(17)25)21(29)19-20(16-7-4-5-11-26-16)28(23(31)22(19)30)24-27-15-6-2-3-8-18(15)33-24/h2-12,20,29H,1H3/b21-19+. The van der Waals surface area contributed by atoms with E-state index in [0.29, 0.717) is 22.1 Å². The molecule has 3 heterocycles. The van der Waals surface area contributed by atoms with Crippen LogP contribution in [-0.2, 0) is 9.59 Å². The number of anilines is 1. The number of hydrogen-bond acceptors (Lipinski definition) is 7. The summed E-state index contributed by atoms with van der Waals surface area (Å²) in [5.74, 6) is -1.54. The molecule has 33 heavy (non-hydrogen) atoms. The quantitative estimate of drug-likeness (QED) is 0.253. The smallest absolute Gasteiger partial charge is 0.301 e. The zero-order valence-corrected chi connectivity index (χ0v) is 18.8. The second kappa shape index (κ2) is 8.31. The highest BCUT2D eigenvalue weighted by Crippen LogP contribution is 2.44. The number of aliphatic hydroxyl groups excluding tert-OH is 1. The van der Waals surface area contributed by atoms with E-state index in [1.165, 1.54) is 29.4 Å².